The van der Waals surface area contributed by atoms with E-state index >= 15 is 0 Å². The van der Waals surface area contributed by atoms with Crippen molar-refractivity contribution in [3.05, 3.63) is 38.9 Å². The summed E-state index contributed by atoms with van der Waals surface area (Å²) in [6.45, 7) is 0. The monoisotopic (exact) mass is 247 g/mol. The van der Waals surface area contributed by atoms with Gasteiger partial charge in [-0.1, -0.05) is 24.3 Å². The molecule has 0 atom stereocenters. The Labute approximate surface area is 97.9 Å². The Kier molecular flexibility index (Phi) is 1.99. The highest BCUT2D eigenvalue weighted by molar-refractivity contribution is 7.17. The summed E-state index contributed by atoms with van der Waals surface area (Å²) in [5.41, 5.74) is 0.151. The fourth-order valence-corrected chi connectivity index (χ4v) is 2.59. The van der Waals surface area contributed by atoms with Gasteiger partial charge in [-0.05, 0) is 16.5 Å². The van der Waals surface area contributed by atoms with Gasteiger partial charge in [0.1, 0.15) is 4.70 Å². The Morgan fingerprint density at radius 3 is 2.65 bits per heavy atom. The highest BCUT2D eigenvalue weighted by Crippen LogP contribution is 2.43. The molecule has 0 bridgehead atoms. The van der Waals surface area contributed by atoms with E-state index in [-0.39, 0.29) is 16.1 Å². The van der Waals surface area contributed by atoms with Crippen LogP contribution in [0.4, 0.5) is 5.69 Å². The molecule has 0 aliphatic heterocycles. The average Bonchev–Trinajstić information content (AvgIpc) is 2.72. The van der Waals surface area contributed by atoms with Crippen molar-refractivity contribution >= 4 is 38.1 Å². The van der Waals surface area contributed by atoms with Crippen LogP contribution in [0.1, 0.15) is 0 Å². The molecule has 0 radical (unpaired) electrons. The number of nitroso groups, excluding NO2 is 1. The van der Waals surface area contributed by atoms with Crippen LogP contribution in [-0.4, -0.2) is 5.11 Å². The molecule has 3 aromatic rings. The van der Waals surface area contributed by atoms with Gasteiger partial charge in [-0.2, -0.15) is 0 Å². The van der Waals surface area contributed by atoms with Crippen LogP contribution in [0.25, 0.3) is 21.1 Å². The van der Waals surface area contributed by atoms with Crippen molar-refractivity contribution in [3.8, 4) is 5.75 Å². The summed E-state index contributed by atoms with van der Waals surface area (Å²) in [7, 11) is 0. The largest absolute Gasteiger partial charge is 0.505 e. The molecular formula is C11H5NO4S. The minimum atomic E-state index is -0.527. The lowest BCUT2D eigenvalue weighted by Crippen LogP contribution is -1.80. The molecule has 0 amide bonds. The number of rotatable bonds is 1. The van der Waals surface area contributed by atoms with E-state index in [4.69, 9.17) is 4.42 Å². The molecule has 2 aromatic carbocycles. The minimum absolute atomic E-state index is 0.144. The Morgan fingerprint density at radius 2 is 1.94 bits per heavy atom. The number of hydrogen-bond donors (Lipinski definition) is 1. The lowest BCUT2D eigenvalue weighted by Gasteiger charge is -2.02. The molecule has 1 heterocycles. The van der Waals surface area contributed by atoms with Crippen LogP contribution in [0, 0.1) is 4.91 Å². The number of hydrogen-bond acceptors (Lipinski definition) is 6. The number of nitrogens with zero attached hydrogens (tertiary/aromatic N) is 1. The highest BCUT2D eigenvalue weighted by Gasteiger charge is 2.18. The number of phenols is 1. The van der Waals surface area contributed by atoms with Gasteiger partial charge >= 0.3 is 4.94 Å². The third-order valence-electron chi connectivity index (χ3n) is 2.53. The van der Waals surface area contributed by atoms with Crippen LogP contribution in [-0.2, 0) is 0 Å². The van der Waals surface area contributed by atoms with Crippen molar-refractivity contribution in [2.24, 2.45) is 5.18 Å². The molecule has 0 unspecified atom stereocenters. The third kappa shape index (κ3) is 1.27. The van der Waals surface area contributed by atoms with E-state index in [9.17, 15) is 14.8 Å². The molecule has 0 saturated heterocycles. The zero-order chi connectivity index (χ0) is 12.0. The van der Waals surface area contributed by atoms with Crippen molar-refractivity contribution in [2.75, 3.05) is 0 Å². The van der Waals surface area contributed by atoms with Crippen molar-refractivity contribution in [1.82, 2.24) is 0 Å². The SMILES string of the molecule is O=Nc1c(O)c2ccccc2c2oc(=O)sc12. The van der Waals surface area contributed by atoms with Crippen LogP contribution >= 0.6 is 11.3 Å². The summed E-state index contributed by atoms with van der Waals surface area (Å²) >= 11 is 0.756. The van der Waals surface area contributed by atoms with E-state index < -0.39 is 4.94 Å². The average molecular weight is 247 g/mol. The van der Waals surface area contributed by atoms with Gasteiger partial charge in [-0.3, -0.25) is 0 Å². The first-order valence-electron chi connectivity index (χ1n) is 4.73. The molecule has 5 nitrogen and oxygen atoms in total. The molecule has 0 fully saturated rings. The summed E-state index contributed by atoms with van der Waals surface area (Å²) < 4.78 is 5.31. The van der Waals surface area contributed by atoms with Crippen LogP contribution in [0.5, 0.6) is 5.75 Å². The van der Waals surface area contributed by atoms with Crippen molar-refractivity contribution in [1.29, 1.82) is 0 Å². The second-order valence-corrected chi connectivity index (χ2v) is 4.39. The molecule has 0 saturated carbocycles. The van der Waals surface area contributed by atoms with Gasteiger partial charge in [0, 0.05) is 10.8 Å². The van der Waals surface area contributed by atoms with Crippen LogP contribution in [0.3, 0.4) is 0 Å². The van der Waals surface area contributed by atoms with E-state index in [2.05, 4.69) is 5.18 Å². The predicted molar refractivity (Wildman–Crippen MR) is 65.0 cm³/mol. The topological polar surface area (TPSA) is 79.9 Å². The van der Waals surface area contributed by atoms with Crippen molar-refractivity contribution in [2.45, 2.75) is 0 Å². The van der Waals surface area contributed by atoms with Gasteiger partial charge in [-0.25, -0.2) is 4.79 Å². The van der Waals surface area contributed by atoms with Gasteiger partial charge < -0.3 is 9.52 Å². The van der Waals surface area contributed by atoms with Crippen LogP contribution < -0.4 is 4.94 Å². The molecule has 6 heteroatoms. The summed E-state index contributed by atoms with van der Waals surface area (Å²) in [6, 6.07) is 6.82. The first-order chi connectivity index (χ1) is 8.22. The van der Waals surface area contributed by atoms with Gasteiger partial charge in [-0.15, -0.1) is 4.91 Å². The van der Waals surface area contributed by atoms with Crippen molar-refractivity contribution in [3.63, 3.8) is 0 Å². The number of fused-ring (bicyclic) bond motifs is 3. The van der Waals surface area contributed by atoms with E-state index in [1.54, 1.807) is 24.3 Å². The Hall–Kier alpha value is -2.21. The van der Waals surface area contributed by atoms with Crippen LogP contribution in [0.15, 0.2) is 38.7 Å². The zero-order valence-electron chi connectivity index (χ0n) is 8.34. The molecule has 84 valence electrons. The Bertz CT molecular complexity index is 802. The van der Waals surface area contributed by atoms with E-state index in [0.717, 1.165) is 11.3 Å². The lowest BCUT2D eigenvalue weighted by atomic mass is 10.1. The standard InChI is InChI=1S/C11H5NO4S/c13-8-5-3-1-2-4-6(5)9-10(7(8)12-15)17-11(14)16-9/h1-4,13H. The maximum absolute atomic E-state index is 11.2. The van der Waals surface area contributed by atoms with Gasteiger partial charge in [0.2, 0.25) is 0 Å². The van der Waals surface area contributed by atoms with Crippen LogP contribution in [0.2, 0.25) is 0 Å². The number of phenolic OH excluding ortho intramolecular Hbond substituents is 1. The summed E-state index contributed by atoms with van der Waals surface area (Å²) in [6.07, 6.45) is 0. The quantitative estimate of drug-likeness (QED) is 0.670. The number of aromatic hydroxyl groups is 1. The first-order valence-corrected chi connectivity index (χ1v) is 5.54. The third-order valence-corrected chi connectivity index (χ3v) is 3.37. The van der Waals surface area contributed by atoms with Gasteiger partial charge in [0.05, 0.1) is 0 Å². The Balaban J connectivity index is 2.72. The molecule has 17 heavy (non-hydrogen) atoms. The van der Waals surface area contributed by atoms with E-state index in [0.29, 0.717) is 16.4 Å². The second kappa shape index (κ2) is 3.39. The summed E-state index contributed by atoms with van der Waals surface area (Å²) in [5.74, 6) is -0.222. The second-order valence-electron chi connectivity index (χ2n) is 3.45. The molecule has 0 aliphatic rings. The molecular weight excluding hydrogens is 242 g/mol. The molecule has 0 spiro atoms. The summed E-state index contributed by atoms with van der Waals surface area (Å²) in [4.78, 5) is 21.5. The van der Waals surface area contributed by atoms with Gasteiger partial charge in [0.15, 0.2) is 17.0 Å². The number of benzene rings is 2. The minimum Gasteiger partial charge on any atom is -0.505 e. The fraction of sp³-hybridized carbons (Fsp3) is 0. The first kappa shape index (κ1) is 9.98. The smallest absolute Gasteiger partial charge is 0.396 e. The maximum atomic E-state index is 11.2. The van der Waals surface area contributed by atoms with Gasteiger partial charge in [0.25, 0.3) is 0 Å². The predicted octanol–water partition coefficient (Wildman–Crippen LogP) is 3.11. The fourth-order valence-electron chi connectivity index (χ4n) is 1.82. The highest BCUT2D eigenvalue weighted by atomic mass is 32.1. The Morgan fingerprint density at radius 1 is 1.24 bits per heavy atom. The summed E-state index contributed by atoms with van der Waals surface area (Å²) in [5, 5.41) is 13.7. The molecule has 0 aliphatic carbocycles. The normalized spacial score (nSPS) is 11.1. The zero-order valence-corrected chi connectivity index (χ0v) is 9.15. The lowest BCUT2D eigenvalue weighted by molar-refractivity contribution is 0.483. The molecule has 1 N–H and O–H groups in total. The van der Waals surface area contributed by atoms with E-state index in [1.165, 1.54) is 0 Å². The molecule has 1 aromatic heterocycles. The molecule has 3 rings (SSSR count). The maximum Gasteiger partial charge on any atom is 0.396 e. The van der Waals surface area contributed by atoms with Crippen molar-refractivity contribution < 1.29 is 9.52 Å². The van der Waals surface area contributed by atoms with E-state index in [1.807, 2.05) is 0 Å².